The molecule has 3 nitrogen and oxygen atoms in total. The molecule has 3 rings (SSSR count). The summed E-state index contributed by atoms with van der Waals surface area (Å²) in [5.41, 5.74) is 0. The van der Waals surface area contributed by atoms with Crippen LogP contribution in [0.2, 0.25) is 0 Å². The first-order valence-corrected chi connectivity index (χ1v) is 12.2. The van der Waals surface area contributed by atoms with Crippen molar-refractivity contribution in [3.05, 3.63) is 36.4 Å². The third-order valence-corrected chi connectivity index (χ3v) is 6.99. The van der Waals surface area contributed by atoms with Crippen molar-refractivity contribution < 1.29 is 31.8 Å². The fourth-order valence-electron chi connectivity index (χ4n) is 4.84. The second-order valence-electron chi connectivity index (χ2n) is 9.36. The van der Waals surface area contributed by atoms with Gasteiger partial charge < -0.3 is 14.2 Å². The predicted octanol–water partition coefficient (Wildman–Crippen LogP) is 7.34. The lowest BCUT2D eigenvalue weighted by Gasteiger charge is -2.41. The summed E-state index contributed by atoms with van der Waals surface area (Å²) >= 11 is 0. The normalized spacial score (nSPS) is 27.2. The van der Waals surface area contributed by atoms with Crippen molar-refractivity contribution in [1.82, 2.24) is 0 Å². The highest BCUT2D eigenvalue weighted by molar-refractivity contribution is 5.35. The van der Waals surface area contributed by atoms with Crippen molar-refractivity contribution in [3.63, 3.8) is 0 Å². The van der Waals surface area contributed by atoms with E-state index in [1.165, 1.54) is 12.1 Å². The SMILES string of the molecule is C=CCCC1CCC(C2CCC(COc3ccc(OCCCC)c(F)c3F)C(F)(F)C2)CO1. The molecule has 1 aliphatic heterocycles. The predicted molar refractivity (Wildman–Crippen MR) is 120 cm³/mol. The lowest BCUT2D eigenvalue weighted by Crippen LogP contribution is -2.43. The Labute approximate surface area is 194 Å². The first-order chi connectivity index (χ1) is 15.9. The average Bonchev–Trinajstić information content (AvgIpc) is 2.80. The summed E-state index contributed by atoms with van der Waals surface area (Å²) in [6.45, 7) is 6.15. The molecule has 1 aromatic rings. The van der Waals surface area contributed by atoms with Crippen LogP contribution in [-0.4, -0.2) is 31.8 Å². The maximum Gasteiger partial charge on any atom is 0.254 e. The van der Waals surface area contributed by atoms with E-state index in [0.29, 0.717) is 13.0 Å². The van der Waals surface area contributed by atoms with Crippen molar-refractivity contribution in [1.29, 1.82) is 0 Å². The van der Waals surface area contributed by atoms with Gasteiger partial charge >= 0.3 is 0 Å². The fraction of sp³-hybridized carbons (Fsp3) is 0.692. The molecule has 1 saturated carbocycles. The second kappa shape index (κ2) is 12.1. The van der Waals surface area contributed by atoms with E-state index in [9.17, 15) is 17.6 Å². The van der Waals surface area contributed by atoms with Gasteiger partial charge in [0.25, 0.3) is 5.92 Å². The molecule has 0 spiro atoms. The van der Waals surface area contributed by atoms with E-state index in [1.54, 1.807) is 0 Å². The maximum absolute atomic E-state index is 14.9. The highest BCUT2D eigenvalue weighted by Crippen LogP contribution is 2.46. The molecular weight excluding hydrogens is 436 g/mol. The van der Waals surface area contributed by atoms with Crippen LogP contribution in [0.1, 0.15) is 64.7 Å². The van der Waals surface area contributed by atoms with Crippen LogP contribution in [0.5, 0.6) is 11.5 Å². The van der Waals surface area contributed by atoms with Crippen LogP contribution in [0, 0.1) is 29.4 Å². The number of ether oxygens (including phenoxy) is 3. The zero-order valence-electron chi connectivity index (χ0n) is 19.5. The number of rotatable bonds is 11. The molecule has 4 atom stereocenters. The quantitative estimate of drug-likeness (QED) is 0.192. The lowest BCUT2D eigenvalue weighted by atomic mass is 9.72. The van der Waals surface area contributed by atoms with Crippen molar-refractivity contribution in [2.24, 2.45) is 17.8 Å². The third-order valence-electron chi connectivity index (χ3n) is 6.99. The van der Waals surface area contributed by atoms with Crippen LogP contribution >= 0.6 is 0 Å². The summed E-state index contributed by atoms with van der Waals surface area (Å²) in [7, 11) is 0. The van der Waals surface area contributed by atoms with Crippen LogP contribution in [-0.2, 0) is 4.74 Å². The Hall–Kier alpha value is -1.76. The van der Waals surface area contributed by atoms with Crippen molar-refractivity contribution in [2.75, 3.05) is 19.8 Å². The smallest absolute Gasteiger partial charge is 0.254 e. The van der Waals surface area contributed by atoms with E-state index in [1.807, 2.05) is 13.0 Å². The Bertz CT molecular complexity index is 762. The van der Waals surface area contributed by atoms with E-state index in [2.05, 4.69) is 6.58 Å². The van der Waals surface area contributed by atoms with E-state index in [-0.39, 0.29) is 55.5 Å². The van der Waals surface area contributed by atoms with Gasteiger partial charge in [-0.1, -0.05) is 19.4 Å². The van der Waals surface area contributed by atoms with E-state index in [0.717, 1.165) is 38.5 Å². The maximum atomic E-state index is 14.9. The Morgan fingerprint density at radius 2 is 1.76 bits per heavy atom. The highest BCUT2D eigenvalue weighted by atomic mass is 19.3. The molecule has 0 radical (unpaired) electrons. The van der Waals surface area contributed by atoms with E-state index < -0.39 is 23.5 Å². The topological polar surface area (TPSA) is 27.7 Å². The number of allylic oxidation sites excluding steroid dienone is 1. The number of hydrogen-bond donors (Lipinski definition) is 0. The van der Waals surface area contributed by atoms with Crippen LogP contribution in [0.15, 0.2) is 24.8 Å². The molecule has 2 fully saturated rings. The molecule has 33 heavy (non-hydrogen) atoms. The molecule has 7 heteroatoms. The van der Waals surface area contributed by atoms with Gasteiger partial charge in [-0.2, -0.15) is 8.78 Å². The molecule has 186 valence electrons. The number of alkyl halides is 2. The molecule has 0 amide bonds. The van der Waals surface area contributed by atoms with Crippen LogP contribution in [0.3, 0.4) is 0 Å². The standard InChI is InChI=1S/C26H36F4O3/c1-3-5-7-21-11-9-19(16-32-21)18-8-10-20(26(29,30)15-18)17-33-23-13-12-22(24(27)25(23)28)31-14-6-4-2/h3,12-13,18-21H,1,4-11,14-17H2,2H3. The molecule has 1 aromatic carbocycles. The van der Waals surface area contributed by atoms with Gasteiger partial charge in [0.15, 0.2) is 11.5 Å². The summed E-state index contributed by atoms with van der Waals surface area (Å²) in [6.07, 6.45) is 8.03. The first kappa shape index (κ1) is 25.9. The minimum Gasteiger partial charge on any atom is -0.490 e. The molecule has 0 N–H and O–H groups in total. The molecule has 1 saturated heterocycles. The van der Waals surface area contributed by atoms with Crippen molar-refractivity contribution in [3.8, 4) is 11.5 Å². The van der Waals surface area contributed by atoms with E-state index in [4.69, 9.17) is 14.2 Å². The van der Waals surface area contributed by atoms with Gasteiger partial charge in [-0.15, -0.1) is 6.58 Å². The van der Waals surface area contributed by atoms with Crippen LogP contribution < -0.4 is 9.47 Å². The molecule has 2 aliphatic rings. The molecular formula is C26H36F4O3. The minimum absolute atomic E-state index is 0.0923. The first-order valence-electron chi connectivity index (χ1n) is 12.2. The molecule has 0 bridgehead atoms. The molecule has 1 aliphatic carbocycles. The largest absolute Gasteiger partial charge is 0.490 e. The summed E-state index contributed by atoms with van der Waals surface area (Å²) < 4.78 is 74.9. The Morgan fingerprint density at radius 3 is 2.36 bits per heavy atom. The van der Waals surface area contributed by atoms with Gasteiger partial charge in [-0.3, -0.25) is 0 Å². The number of benzene rings is 1. The molecule has 1 heterocycles. The van der Waals surface area contributed by atoms with Gasteiger partial charge in [0.1, 0.15) is 0 Å². The molecule has 4 unspecified atom stereocenters. The summed E-state index contributed by atoms with van der Waals surface area (Å²) in [4.78, 5) is 0. The van der Waals surface area contributed by atoms with Crippen LogP contribution in [0.4, 0.5) is 17.6 Å². The van der Waals surface area contributed by atoms with Crippen molar-refractivity contribution >= 4 is 0 Å². The number of hydrogen-bond acceptors (Lipinski definition) is 3. The third kappa shape index (κ3) is 6.87. The Balaban J connectivity index is 1.50. The van der Waals surface area contributed by atoms with Gasteiger partial charge in [-0.25, -0.2) is 8.78 Å². The zero-order valence-corrected chi connectivity index (χ0v) is 19.5. The number of unbranched alkanes of at least 4 members (excludes halogenated alkanes) is 1. The Morgan fingerprint density at radius 1 is 1.06 bits per heavy atom. The zero-order chi connectivity index (χ0) is 23.8. The van der Waals surface area contributed by atoms with Gasteiger partial charge in [0.2, 0.25) is 11.6 Å². The fourth-order valence-corrected chi connectivity index (χ4v) is 4.84. The monoisotopic (exact) mass is 472 g/mol. The summed E-state index contributed by atoms with van der Waals surface area (Å²) in [6, 6.07) is 2.52. The average molecular weight is 473 g/mol. The van der Waals surface area contributed by atoms with E-state index >= 15 is 0 Å². The minimum atomic E-state index is -2.92. The van der Waals surface area contributed by atoms with Gasteiger partial charge in [0.05, 0.1) is 31.8 Å². The Kier molecular flexibility index (Phi) is 9.47. The summed E-state index contributed by atoms with van der Waals surface area (Å²) in [5.74, 6) is -6.80. The van der Waals surface area contributed by atoms with Crippen LogP contribution in [0.25, 0.3) is 0 Å². The van der Waals surface area contributed by atoms with Gasteiger partial charge in [-0.05, 0) is 68.9 Å². The second-order valence-corrected chi connectivity index (χ2v) is 9.36. The molecule has 0 aromatic heterocycles. The van der Waals surface area contributed by atoms with Gasteiger partial charge in [0, 0.05) is 6.42 Å². The lowest BCUT2D eigenvalue weighted by molar-refractivity contribution is -0.132. The van der Waals surface area contributed by atoms with Crippen molar-refractivity contribution in [2.45, 2.75) is 76.7 Å². The summed E-state index contributed by atoms with van der Waals surface area (Å²) in [5, 5.41) is 0. The number of halogens is 4. The highest BCUT2D eigenvalue weighted by Gasteiger charge is 2.47.